The van der Waals surface area contributed by atoms with Gasteiger partial charge in [0.15, 0.2) is 6.61 Å². The highest BCUT2D eigenvalue weighted by atomic mass is 19.1. The van der Waals surface area contributed by atoms with Crippen LogP contribution in [0.3, 0.4) is 0 Å². The third kappa shape index (κ3) is 4.02. The number of halogens is 1. The van der Waals surface area contributed by atoms with Crippen molar-refractivity contribution < 1.29 is 18.8 Å². The summed E-state index contributed by atoms with van der Waals surface area (Å²) in [7, 11) is 0. The maximum absolute atomic E-state index is 13.0. The number of amides is 1. The topological polar surface area (TPSA) is 81.5 Å². The molecule has 22 heavy (non-hydrogen) atoms. The highest BCUT2D eigenvalue weighted by Crippen LogP contribution is 2.21. The SMILES string of the molecule is Cc1cc([N+](=O)[O-])ccc1NC(=O)COc1cccc(F)c1. The molecule has 0 aliphatic carbocycles. The molecule has 0 fully saturated rings. The fourth-order valence-electron chi connectivity index (χ4n) is 1.79. The Bertz CT molecular complexity index is 718. The fourth-order valence-corrected chi connectivity index (χ4v) is 1.79. The second-order valence-electron chi connectivity index (χ2n) is 4.55. The van der Waals surface area contributed by atoms with E-state index in [9.17, 15) is 19.3 Å². The molecule has 0 aromatic heterocycles. The molecule has 0 bridgehead atoms. The third-order valence-corrected chi connectivity index (χ3v) is 2.86. The van der Waals surface area contributed by atoms with Crippen molar-refractivity contribution in [1.29, 1.82) is 0 Å². The van der Waals surface area contributed by atoms with Gasteiger partial charge in [-0.15, -0.1) is 0 Å². The lowest BCUT2D eigenvalue weighted by molar-refractivity contribution is -0.384. The number of nitrogens with one attached hydrogen (secondary N) is 1. The number of ether oxygens (including phenoxy) is 1. The molecule has 1 N–H and O–H groups in total. The van der Waals surface area contributed by atoms with E-state index in [1.807, 2.05) is 0 Å². The summed E-state index contributed by atoms with van der Waals surface area (Å²) in [6, 6.07) is 9.57. The van der Waals surface area contributed by atoms with Crippen LogP contribution in [0, 0.1) is 22.9 Å². The van der Waals surface area contributed by atoms with Crippen LogP contribution in [0.25, 0.3) is 0 Å². The second-order valence-corrected chi connectivity index (χ2v) is 4.55. The number of nitro benzene ring substituents is 1. The molecule has 0 aliphatic heterocycles. The number of nitro groups is 1. The predicted molar refractivity (Wildman–Crippen MR) is 78.4 cm³/mol. The average Bonchev–Trinajstić information content (AvgIpc) is 2.47. The lowest BCUT2D eigenvalue weighted by atomic mass is 10.2. The number of rotatable bonds is 5. The van der Waals surface area contributed by atoms with Gasteiger partial charge in [-0.05, 0) is 30.7 Å². The molecule has 1 amide bonds. The van der Waals surface area contributed by atoms with Gasteiger partial charge in [-0.1, -0.05) is 6.07 Å². The van der Waals surface area contributed by atoms with Gasteiger partial charge in [0.2, 0.25) is 0 Å². The first-order valence-electron chi connectivity index (χ1n) is 6.39. The molecule has 2 aromatic carbocycles. The van der Waals surface area contributed by atoms with E-state index in [0.29, 0.717) is 11.3 Å². The highest BCUT2D eigenvalue weighted by molar-refractivity contribution is 5.92. The lowest BCUT2D eigenvalue weighted by Crippen LogP contribution is -2.20. The van der Waals surface area contributed by atoms with Crippen molar-refractivity contribution in [1.82, 2.24) is 0 Å². The van der Waals surface area contributed by atoms with Gasteiger partial charge in [0, 0.05) is 23.9 Å². The molecule has 0 aliphatic rings. The maximum atomic E-state index is 13.0. The zero-order chi connectivity index (χ0) is 16.1. The molecule has 2 rings (SSSR count). The van der Waals surface area contributed by atoms with Crippen molar-refractivity contribution in [2.45, 2.75) is 6.92 Å². The van der Waals surface area contributed by atoms with E-state index in [1.54, 1.807) is 6.92 Å². The third-order valence-electron chi connectivity index (χ3n) is 2.86. The van der Waals surface area contributed by atoms with E-state index in [-0.39, 0.29) is 18.0 Å². The van der Waals surface area contributed by atoms with Crippen LogP contribution in [-0.4, -0.2) is 17.4 Å². The second kappa shape index (κ2) is 6.66. The summed E-state index contributed by atoms with van der Waals surface area (Å²) in [5.41, 5.74) is 0.971. The number of carbonyl (C=O) groups excluding carboxylic acids is 1. The Morgan fingerprint density at radius 1 is 1.32 bits per heavy atom. The molecule has 7 heteroatoms. The number of hydrogen-bond donors (Lipinski definition) is 1. The summed E-state index contributed by atoms with van der Waals surface area (Å²) in [5.74, 6) is -0.652. The summed E-state index contributed by atoms with van der Waals surface area (Å²) in [5, 5.41) is 13.2. The molecular formula is C15H13FN2O4. The summed E-state index contributed by atoms with van der Waals surface area (Å²) in [6.45, 7) is 1.36. The summed E-state index contributed by atoms with van der Waals surface area (Å²) < 4.78 is 18.1. The number of carbonyl (C=O) groups is 1. The van der Waals surface area contributed by atoms with Crippen LogP contribution < -0.4 is 10.1 Å². The van der Waals surface area contributed by atoms with Gasteiger partial charge in [0.05, 0.1) is 4.92 Å². The Kier molecular flexibility index (Phi) is 4.67. The lowest BCUT2D eigenvalue weighted by Gasteiger charge is -2.09. The standard InChI is InChI=1S/C15H13FN2O4/c1-10-7-12(18(20)21)5-6-14(10)17-15(19)9-22-13-4-2-3-11(16)8-13/h2-8H,9H2,1H3,(H,17,19). The monoisotopic (exact) mass is 304 g/mol. The normalized spacial score (nSPS) is 10.1. The first-order valence-corrected chi connectivity index (χ1v) is 6.39. The van der Waals surface area contributed by atoms with E-state index >= 15 is 0 Å². The zero-order valence-corrected chi connectivity index (χ0v) is 11.7. The van der Waals surface area contributed by atoms with E-state index in [2.05, 4.69) is 5.32 Å². The Labute approximate surface area is 125 Å². The van der Waals surface area contributed by atoms with Gasteiger partial charge in [-0.25, -0.2) is 4.39 Å². The molecule has 2 aromatic rings. The van der Waals surface area contributed by atoms with Crippen LogP contribution in [-0.2, 0) is 4.79 Å². The molecular weight excluding hydrogens is 291 g/mol. The predicted octanol–water partition coefficient (Wildman–Crippen LogP) is 3.06. The zero-order valence-electron chi connectivity index (χ0n) is 11.7. The van der Waals surface area contributed by atoms with Crippen LogP contribution in [0.2, 0.25) is 0 Å². The minimum atomic E-state index is -0.508. The Balaban J connectivity index is 1.96. The number of aryl methyl sites for hydroxylation is 1. The van der Waals surface area contributed by atoms with Crippen LogP contribution in [0.5, 0.6) is 5.75 Å². The van der Waals surface area contributed by atoms with Crippen molar-refractivity contribution in [3.63, 3.8) is 0 Å². The van der Waals surface area contributed by atoms with Gasteiger partial charge < -0.3 is 10.1 Å². The molecule has 6 nitrogen and oxygen atoms in total. The van der Waals surface area contributed by atoms with Gasteiger partial charge in [0.25, 0.3) is 11.6 Å². The molecule has 0 radical (unpaired) electrons. The largest absolute Gasteiger partial charge is 0.484 e. The number of hydrogen-bond acceptors (Lipinski definition) is 4. The maximum Gasteiger partial charge on any atom is 0.269 e. The molecule has 0 spiro atoms. The Morgan fingerprint density at radius 3 is 2.73 bits per heavy atom. The van der Waals surface area contributed by atoms with Crippen molar-refractivity contribution in [2.24, 2.45) is 0 Å². The Hall–Kier alpha value is -2.96. The average molecular weight is 304 g/mol. The van der Waals surface area contributed by atoms with Gasteiger partial charge >= 0.3 is 0 Å². The van der Waals surface area contributed by atoms with Crippen LogP contribution in [0.15, 0.2) is 42.5 Å². The number of non-ortho nitro benzene ring substituents is 1. The minimum Gasteiger partial charge on any atom is -0.484 e. The summed E-state index contributed by atoms with van der Waals surface area (Å²) in [6.07, 6.45) is 0. The molecule has 0 heterocycles. The van der Waals surface area contributed by atoms with E-state index in [4.69, 9.17) is 4.74 Å². The van der Waals surface area contributed by atoms with Crippen molar-refractivity contribution >= 4 is 17.3 Å². The van der Waals surface area contributed by atoms with E-state index < -0.39 is 16.6 Å². The van der Waals surface area contributed by atoms with Crippen LogP contribution in [0.1, 0.15) is 5.56 Å². The van der Waals surface area contributed by atoms with Crippen molar-refractivity contribution in [2.75, 3.05) is 11.9 Å². The molecule has 0 saturated heterocycles. The first-order chi connectivity index (χ1) is 10.5. The van der Waals surface area contributed by atoms with Crippen LogP contribution >= 0.6 is 0 Å². The molecule has 0 unspecified atom stereocenters. The van der Waals surface area contributed by atoms with Crippen molar-refractivity contribution in [3.8, 4) is 5.75 Å². The smallest absolute Gasteiger partial charge is 0.269 e. The number of nitrogens with zero attached hydrogens (tertiary/aromatic N) is 1. The Morgan fingerprint density at radius 2 is 2.09 bits per heavy atom. The quantitative estimate of drug-likeness (QED) is 0.680. The van der Waals surface area contributed by atoms with Crippen molar-refractivity contribution in [3.05, 3.63) is 64.0 Å². The van der Waals surface area contributed by atoms with E-state index in [0.717, 1.165) is 0 Å². The summed E-state index contributed by atoms with van der Waals surface area (Å²) >= 11 is 0. The number of anilines is 1. The summed E-state index contributed by atoms with van der Waals surface area (Å²) in [4.78, 5) is 21.9. The van der Waals surface area contributed by atoms with Crippen LogP contribution in [0.4, 0.5) is 15.8 Å². The van der Waals surface area contributed by atoms with Gasteiger partial charge in [0.1, 0.15) is 11.6 Å². The highest BCUT2D eigenvalue weighted by Gasteiger charge is 2.10. The minimum absolute atomic E-state index is 0.0495. The fraction of sp³-hybridized carbons (Fsp3) is 0.133. The molecule has 0 saturated carbocycles. The van der Waals surface area contributed by atoms with Gasteiger partial charge in [-0.3, -0.25) is 14.9 Å². The first kappa shape index (κ1) is 15.4. The van der Waals surface area contributed by atoms with Gasteiger partial charge in [-0.2, -0.15) is 0 Å². The molecule has 0 atom stereocenters. The van der Waals surface area contributed by atoms with E-state index in [1.165, 1.54) is 42.5 Å². The number of benzene rings is 2. The molecule has 114 valence electrons.